The van der Waals surface area contributed by atoms with E-state index in [1.807, 2.05) is 24.3 Å². The van der Waals surface area contributed by atoms with Crippen LogP contribution < -0.4 is 11.5 Å². The maximum Gasteiger partial charge on any atom is 0.0314 e. The summed E-state index contributed by atoms with van der Waals surface area (Å²) >= 11 is 0. The summed E-state index contributed by atoms with van der Waals surface area (Å²) in [4.78, 5) is 0. The lowest BCUT2D eigenvalue weighted by Crippen LogP contribution is -2.05. The second-order valence-corrected chi connectivity index (χ2v) is 11.7. The number of nitrogen functional groups attached to an aromatic ring is 2. The molecular weight excluding hydrogens is 496 g/mol. The fourth-order valence-electron chi connectivity index (χ4n) is 6.29. The Bertz CT molecular complexity index is 1190. The Balaban J connectivity index is 1.54. The van der Waals surface area contributed by atoms with Crippen LogP contribution in [0.15, 0.2) is 97.1 Å². The molecule has 2 unspecified atom stereocenters. The van der Waals surface area contributed by atoms with Gasteiger partial charge in [-0.25, -0.2) is 0 Å². The van der Waals surface area contributed by atoms with Crippen LogP contribution in [0.5, 0.6) is 0 Å². The molecule has 0 spiro atoms. The van der Waals surface area contributed by atoms with Gasteiger partial charge in [-0.15, -0.1) is 0 Å². The standard InChI is InChI=1S/C39H50N2/c1-4-7-9-11-38(33-21-25-35(40)26-22-33)31-17-13-29(14-18-31)37(6-3)30-15-19-32(20-16-30)39(12-10-8-5-2)34-23-27-36(41)28-24-34/h13-28,37-39H,4-12,40-41H2,1-3H3. The molecule has 4 aromatic carbocycles. The van der Waals surface area contributed by atoms with Gasteiger partial charge in [-0.2, -0.15) is 0 Å². The Morgan fingerprint density at radius 3 is 0.927 bits per heavy atom. The average Bonchev–Trinajstić information content (AvgIpc) is 3.00. The summed E-state index contributed by atoms with van der Waals surface area (Å²) in [6, 6.07) is 35.9. The zero-order valence-corrected chi connectivity index (χ0v) is 25.5. The van der Waals surface area contributed by atoms with Crippen LogP contribution in [0.3, 0.4) is 0 Å². The van der Waals surface area contributed by atoms with E-state index in [-0.39, 0.29) is 0 Å². The molecular formula is C39H50N2. The maximum atomic E-state index is 5.99. The van der Waals surface area contributed by atoms with Crippen molar-refractivity contribution in [3.8, 4) is 0 Å². The SMILES string of the molecule is CCCCCC(c1ccc(N)cc1)c1ccc(C(CC)c2ccc(C(CCCCC)c3ccc(N)cc3)cc2)cc1. The number of benzene rings is 4. The minimum atomic E-state index is 0.392. The molecule has 41 heavy (non-hydrogen) atoms. The third-order valence-electron chi connectivity index (χ3n) is 8.76. The second kappa shape index (κ2) is 15.5. The van der Waals surface area contributed by atoms with Crippen LogP contribution in [0.1, 0.15) is 130 Å². The number of hydrogen-bond donors (Lipinski definition) is 2. The van der Waals surface area contributed by atoms with Crippen LogP contribution in [0, 0.1) is 0 Å². The van der Waals surface area contributed by atoms with Crippen molar-refractivity contribution in [2.24, 2.45) is 0 Å². The lowest BCUT2D eigenvalue weighted by atomic mass is 9.82. The predicted octanol–water partition coefficient (Wildman–Crippen LogP) is 10.8. The summed E-state index contributed by atoms with van der Waals surface area (Å²) in [5, 5.41) is 0. The topological polar surface area (TPSA) is 52.0 Å². The summed E-state index contributed by atoms with van der Waals surface area (Å²) in [5.41, 5.74) is 22.0. The van der Waals surface area contributed by atoms with Gasteiger partial charge in [-0.3, -0.25) is 0 Å². The first-order valence-corrected chi connectivity index (χ1v) is 15.9. The maximum absolute atomic E-state index is 5.99. The van der Waals surface area contributed by atoms with Crippen molar-refractivity contribution in [2.45, 2.75) is 96.3 Å². The first-order valence-electron chi connectivity index (χ1n) is 15.9. The van der Waals surface area contributed by atoms with Gasteiger partial charge in [0.15, 0.2) is 0 Å². The third kappa shape index (κ3) is 8.26. The summed E-state index contributed by atoms with van der Waals surface area (Å²) in [6.07, 6.45) is 10.9. The van der Waals surface area contributed by atoms with Gasteiger partial charge < -0.3 is 11.5 Å². The van der Waals surface area contributed by atoms with Crippen molar-refractivity contribution in [3.63, 3.8) is 0 Å². The van der Waals surface area contributed by atoms with Crippen molar-refractivity contribution < 1.29 is 0 Å². The molecule has 0 aliphatic rings. The van der Waals surface area contributed by atoms with E-state index in [9.17, 15) is 0 Å². The van der Waals surface area contributed by atoms with E-state index in [1.165, 1.54) is 84.7 Å². The van der Waals surface area contributed by atoms with Crippen molar-refractivity contribution in [1.82, 2.24) is 0 Å². The molecule has 0 aromatic heterocycles. The van der Waals surface area contributed by atoms with E-state index in [0.29, 0.717) is 17.8 Å². The van der Waals surface area contributed by atoms with Crippen LogP contribution in [0.25, 0.3) is 0 Å². The molecule has 0 heterocycles. The van der Waals surface area contributed by atoms with Gasteiger partial charge >= 0.3 is 0 Å². The van der Waals surface area contributed by atoms with Gasteiger partial charge in [-0.1, -0.05) is 132 Å². The highest BCUT2D eigenvalue weighted by Gasteiger charge is 2.18. The molecule has 0 aliphatic heterocycles. The molecule has 2 atom stereocenters. The molecule has 0 saturated carbocycles. The zero-order valence-electron chi connectivity index (χ0n) is 25.5. The van der Waals surface area contributed by atoms with Gasteiger partial charge in [0.25, 0.3) is 0 Å². The van der Waals surface area contributed by atoms with E-state index in [0.717, 1.165) is 17.8 Å². The minimum absolute atomic E-state index is 0.392. The Morgan fingerprint density at radius 2 is 0.659 bits per heavy atom. The number of hydrogen-bond acceptors (Lipinski definition) is 2. The molecule has 0 fully saturated rings. The first-order chi connectivity index (χ1) is 20.0. The number of nitrogens with two attached hydrogens (primary N) is 2. The molecule has 4 N–H and O–H groups in total. The Morgan fingerprint density at radius 1 is 0.390 bits per heavy atom. The lowest BCUT2D eigenvalue weighted by molar-refractivity contribution is 0.618. The summed E-state index contributed by atoms with van der Waals surface area (Å²) in [7, 11) is 0. The van der Waals surface area contributed by atoms with Crippen molar-refractivity contribution in [2.75, 3.05) is 11.5 Å². The molecule has 0 aliphatic carbocycles. The minimum Gasteiger partial charge on any atom is -0.399 e. The van der Waals surface area contributed by atoms with E-state index >= 15 is 0 Å². The van der Waals surface area contributed by atoms with Crippen LogP contribution in [-0.2, 0) is 0 Å². The fraction of sp³-hybridized carbons (Fsp3) is 0.385. The van der Waals surface area contributed by atoms with Gasteiger partial charge in [0.1, 0.15) is 0 Å². The number of unbranched alkanes of at least 4 members (excludes halogenated alkanes) is 4. The molecule has 2 heteroatoms. The lowest BCUT2D eigenvalue weighted by Gasteiger charge is -2.22. The van der Waals surface area contributed by atoms with E-state index in [2.05, 4.69) is 93.6 Å². The van der Waals surface area contributed by atoms with E-state index in [4.69, 9.17) is 11.5 Å². The molecule has 0 bridgehead atoms. The van der Waals surface area contributed by atoms with Crippen LogP contribution in [-0.4, -0.2) is 0 Å². The molecule has 216 valence electrons. The largest absolute Gasteiger partial charge is 0.399 e. The summed E-state index contributed by atoms with van der Waals surface area (Å²) in [5.74, 6) is 1.21. The predicted molar refractivity (Wildman–Crippen MR) is 179 cm³/mol. The fourth-order valence-corrected chi connectivity index (χ4v) is 6.29. The van der Waals surface area contributed by atoms with Crippen LogP contribution in [0.4, 0.5) is 11.4 Å². The number of anilines is 2. The van der Waals surface area contributed by atoms with Crippen LogP contribution in [0.2, 0.25) is 0 Å². The highest BCUT2D eigenvalue weighted by molar-refractivity contribution is 5.45. The van der Waals surface area contributed by atoms with Gasteiger partial charge in [0.2, 0.25) is 0 Å². The van der Waals surface area contributed by atoms with E-state index in [1.54, 1.807) is 0 Å². The van der Waals surface area contributed by atoms with Crippen molar-refractivity contribution >= 4 is 11.4 Å². The highest BCUT2D eigenvalue weighted by Crippen LogP contribution is 2.36. The molecule has 4 rings (SSSR count). The average molecular weight is 547 g/mol. The highest BCUT2D eigenvalue weighted by atomic mass is 14.5. The molecule has 4 aromatic rings. The Labute approximate surface area is 249 Å². The van der Waals surface area contributed by atoms with E-state index < -0.39 is 0 Å². The van der Waals surface area contributed by atoms with Crippen LogP contribution >= 0.6 is 0 Å². The quantitative estimate of drug-likeness (QED) is 0.115. The van der Waals surface area contributed by atoms with Gasteiger partial charge in [-0.05, 0) is 76.9 Å². The van der Waals surface area contributed by atoms with Gasteiger partial charge in [0.05, 0.1) is 0 Å². The first kappa shape index (κ1) is 30.4. The second-order valence-electron chi connectivity index (χ2n) is 11.7. The zero-order chi connectivity index (χ0) is 29.0. The summed E-state index contributed by atoms with van der Waals surface area (Å²) in [6.45, 7) is 6.85. The smallest absolute Gasteiger partial charge is 0.0314 e. The molecule has 0 amide bonds. The monoisotopic (exact) mass is 546 g/mol. The molecule has 2 nitrogen and oxygen atoms in total. The van der Waals surface area contributed by atoms with Gasteiger partial charge in [0, 0.05) is 29.1 Å². The third-order valence-corrected chi connectivity index (χ3v) is 8.76. The Hall–Kier alpha value is -3.52. The Kier molecular flexibility index (Phi) is 11.5. The summed E-state index contributed by atoms with van der Waals surface area (Å²) < 4.78 is 0. The molecule has 0 saturated heterocycles. The van der Waals surface area contributed by atoms with Crippen molar-refractivity contribution in [3.05, 3.63) is 130 Å². The normalized spacial score (nSPS) is 13.5. The molecule has 0 radical (unpaired) electrons. The number of rotatable bonds is 15. The van der Waals surface area contributed by atoms with Crippen molar-refractivity contribution in [1.29, 1.82) is 0 Å².